The fraction of sp³-hybridized carbons (Fsp3) is 0.438. The number of benzene rings is 1. The van der Waals surface area contributed by atoms with Crippen molar-refractivity contribution in [3.8, 4) is 5.75 Å². The van der Waals surface area contributed by atoms with Gasteiger partial charge in [-0.25, -0.2) is 0 Å². The number of hydrogen-bond donors (Lipinski definition) is 1. The molecule has 0 bridgehead atoms. The lowest BCUT2D eigenvalue weighted by atomic mass is 10.2. The minimum atomic E-state index is 0.685. The van der Waals surface area contributed by atoms with Crippen LogP contribution >= 0.6 is 0 Å². The molecule has 0 aliphatic rings. The van der Waals surface area contributed by atoms with Crippen molar-refractivity contribution < 1.29 is 4.74 Å². The third-order valence-corrected chi connectivity index (χ3v) is 3.50. The van der Waals surface area contributed by atoms with Gasteiger partial charge in [-0.3, -0.25) is 4.68 Å². The molecule has 0 spiro atoms. The molecule has 0 aliphatic carbocycles. The van der Waals surface area contributed by atoms with E-state index in [-0.39, 0.29) is 0 Å². The van der Waals surface area contributed by atoms with Gasteiger partial charge in [-0.15, -0.1) is 0 Å². The zero-order chi connectivity index (χ0) is 15.2. The molecule has 114 valence electrons. The summed E-state index contributed by atoms with van der Waals surface area (Å²) in [5, 5.41) is 4.41. The van der Waals surface area contributed by atoms with Crippen LogP contribution in [0.4, 0.5) is 5.69 Å². The zero-order valence-electron chi connectivity index (χ0n) is 13.0. The van der Waals surface area contributed by atoms with E-state index in [1.165, 1.54) is 5.69 Å². The molecule has 2 rings (SSSR count). The van der Waals surface area contributed by atoms with Gasteiger partial charge in [0.05, 0.1) is 25.0 Å². The molecule has 1 aromatic heterocycles. The summed E-state index contributed by atoms with van der Waals surface area (Å²) in [5.41, 5.74) is 9.04. The highest BCUT2D eigenvalue weighted by atomic mass is 16.5. The summed E-state index contributed by atoms with van der Waals surface area (Å²) in [6.45, 7) is 4.42. The zero-order valence-corrected chi connectivity index (χ0v) is 13.0. The summed E-state index contributed by atoms with van der Waals surface area (Å²) in [6.07, 6.45) is 0.952. The standard InChI is InChI=1S/C16H24N4O/c1-13-10-15(19(2)18-13)12-20(9-5-8-17)14-6-4-7-16(11-14)21-3/h4,6-7,10-11H,5,8-9,12,17H2,1-3H3. The van der Waals surface area contributed by atoms with Crippen LogP contribution in [0.25, 0.3) is 0 Å². The van der Waals surface area contributed by atoms with Crippen LogP contribution in [0.15, 0.2) is 30.3 Å². The molecule has 2 aromatic rings. The maximum absolute atomic E-state index is 5.67. The Morgan fingerprint density at radius 2 is 2.14 bits per heavy atom. The van der Waals surface area contributed by atoms with Crippen molar-refractivity contribution in [2.45, 2.75) is 19.9 Å². The monoisotopic (exact) mass is 288 g/mol. The van der Waals surface area contributed by atoms with E-state index in [9.17, 15) is 0 Å². The lowest BCUT2D eigenvalue weighted by molar-refractivity contribution is 0.414. The molecule has 5 heteroatoms. The lowest BCUT2D eigenvalue weighted by Crippen LogP contribution is -2.26. The molecule has 0 fully saturated rings. The molecule has 5 nitrogen and oxygen atoms in total. The fourth-order valence-electron chi connectivity index (χ4n) is 2.40. The van der Waals surface area contributed by atoms with Gasteiger partial charge in [0.2, 0.25) is 0 Å². The maximum Gasteiger partial charge on any atom is 0.120 e. The van der Waals surface area contributed by atoms with Crippen molar-refractivity contribution in [3.63, 3.8) is 0 Å². The average Bonchev–Trinajstić information content (AvgIpc) is 2.81. The summed E-state index contributed by atoms with van der Waals surface area (Å²) in [6, 6.07) is 10.2. The van der Waals surface area contributed by atoms with E-state index in [0.29, 0.717) is 6.54 Å². The molecule has 1 heterocycles. The average molecular weight is 288 g/mol. The van der Waals surface area contributed by atoms with Crippen LogP contribution in [0.5, 0.6) is 5.75 Å². The Balaban J connectivity index is 2.22. The van der Waals surface area contributed by atoms with Gasteiger partial charge >= 0.3 is 0 Å². The summed E-state index contributed by atoms with van der Waals surface area (Å²) < 4.78 is 7.25. The van der Waals surface area contributed by atoms with E-state index >= 15 is 0 Å². The number of rotatable bonds is 7. The first-order chi connectivity index (χ1) is 10.1. The number of hydrogen-bond acceptors (Lipinski definition) is 4. The van der Waals surface area contributed by atoms with Crippen LogP contribution in [0.3, 0.4) is 0 Å². The Morgan fingerprint density at radius 1 is 1.33 bits per heavy atom. The van der Waals surface area contributed by atoms with Crippen LogP contribution in [0.2, 0.25) is 0 Å². The van der Waals surface area contributed by atoms with Crippen molar-refractivity contribution in [3.05, 3.63) is 41.7 Å². The third-order valence-electron chi connectivity index (χ3n) is 3.50. The predicted molar refractivity (Wildman–Crippen MR) is 85.7 cm³/mol. The summed E-state index contributed by atoms with van der Waals surface area (Å²) in [4.78, 5) is 2.31. The smallest absolute Gasteiger partial charge is 0.120 e. The molecule has 0 saturated carbocycles. The number of nitrogens with zero attached hydrogens (tertiary/aromatic N) is 3. The molecule has 1 aromatic carbocycles. The third kappa shape index (κ3) is 3.98. The van der Waals surface area contributed by atoms with Gasteiger partial charge in [0.25, 0.3) is 0 Å². The molecule has 2 N–H and O–H groups in total. The van der Waals surface area contributed by atoms with E-state index < -0.39 is 0 Å². The molecule has 0 unspecified atom stereocenters. The summed E-state index contributed by atoms with van der Waals surface area (Å²) in [7, 11) is 3.67. The Morgan fingerprint density at radius 3 is 2.76 bits per heavy atom. The molecular weight excluding hydrogens is 264 g/mol. The summed E-state index contributed by atoms with van der Waals surface area (Å²) >= 11 is 0. The second kappa shape index (κ2) is 7.13. The van der Waals surface area contributed by atoms with Gasteiger partial charge in [0.1, 0.15) is 5.75 Å². The first kappa shape index (κ1) is 15.4. The normalized spacial score (nSPS) is 10.7. The predicted octanol–water partition coefficient (Wildman–Crippen LogP) is 2.09. The molecule has 21 heavy (non-hydrogen) atoms. The molecular formula is C16H24N4O. The number of aromatic nitrogens is 2. The van der Waals surface area contributed by atoms with Crippen molar-refractivity contribution in [1.29, 1.82) is 0 Å². The molecule has 0 amide bonds. The largest absolute Gasteiger partial charge is 0.497 e. The number of nitrogens with two attached hydrogens (primary N) is 1. The molecule has 0 radical (unpaired) electrons. The van der Waals surface area contributed by atoms with E-state index in [1.807, 2.05) is 30.8 Å². The number of aryl methyl sites for hydroxylation is 2. The van der Waals surface area contributed by atoms with E-state index in [1.54, 1.807) is 7.11 Å². The van der Waals surface area contributed by atoms with Crippen molar-refractivity contribution in [2.24, 2.45) is 12.8 Å². The van der Waals surface area contributed by atoms with Crippen LogP contribution in [-0.2, 0) is 13.6 Å². The highest BCUT2D eigenvalue weighted by Gasteiger charge is 2.11. The minimum Gasteiger partial charge on any atom is -0.497 e. The maximum atomic E-state index is 5.67. The number of methoxy groups -OCH3 is 1. The van der Waals surface area contributed by atoms with E-state index in [4.69, 9.17) is 10.5 Å². The Kier molecular flexibility index (Phi) is 5.22. The van der Waals surface area contributed by atoms with Gasteiger partial charge in [-0.2, -0.15) is 5.10 Å². The van der Waals surface area contributed by atoms with Gasteiger partial charge in [-0.05, 0) is 38.1 Å². The Labute approximate surface area is 126 Å². The molecule has 0 aliphatic heterocycles. The SMILES string of the molecule is COc1cccc(N(CCCN)Cc2cc(C)nn2C)c1. The number of anilines is 1. The summed E-state index contributed by atoms with van der Waals surface area (Å²) in [5.74, 6) is 0.867. The topological polar surface area (TPSA) is 56.3 Å². The van der Waals surface area contributed by atoms with E-state index in [2.05, 4.69) is 28.2 Å². The second-order valence-electron chi connectivity index (χ2n) is 5.17. The van der Waals surface area contributed by atoms with Crippen LogP contribution < -0.4 is 15.4 Å². The highest BCUT2D eigenvalue weighted by Crippen LogP contribution is 2.23. The first-order valence-electron chi connectivity index (χ1n) is 7.22. The van der Waals surface area contributed by atoms with Gasteiger partial charge in [-0.1, -0.05) is 6.07 Å². The fourth-order valence-corrected chi connectivity index (χ4v) is 2.40. The first-order valence-corrected chi connectivity index (χ1v) is 7.22. The number of ether oxygens (including phenoxy) is 1. The highest BCUT2D eigenvalue weighted by molar-refractivity contribution is 5.51. The van der Waals surface area contributed by atoms with Crippen molar-refractivity contribution in [1.82, 2.24) is 9.78 Å². The van der Waals surface area contributed by atoms with Crippen LogP contribution in [0, 0.1) is 6.92 Å². The van der Waals surface area contributed by atoms with Crippen LogP contribution in [0.1, 0.15) is 17.8 Å². The van der Waals surface area contributed by atoms with Gasteiger partial charge in [0, 0.05) is 25.3 Å². The quantitative estimate of drug-likeness (QED) is 0.847. The van der Waals surface area contributed by atoms with Crippen molar-refractivity contribution in [2.75, 3.05) is 25.1 Å². The molecule has 0 atom stereocenters. The van der Waals surface area contributed by atoms with Gasteiger partial charge in [0.15, 0.2) is 0 Å². The van der Waals surface area contributed by atoms with E-state index in [0.717, 1.165) is 36.6 Å². The Hall–Kier alpha value is -2.01. The van der Waals surface area contributed by atoms with Crippen LogP contribution in [-0.4, -0.2) is 30.0 Å². The minimum absolute atomic E-state index is 0.685. The van der Waals surface area contributed by atoms with Gasteiger partial charge < -0.3 is 15.4 Å². The Bertz CT molecular complexity index is 579. The molecule has 0 saturated heterocycles. The second-order valence-corrected chi connectivity index (χ2v) is 5.17. The lowest BCUT2D eigenvalue weighted by Gasteiger charge is -2.25. The van der Waals surface area contributed by atoms with Crippen molar-refractivity contribution >= 4 is 5.69 Å².